The molecule has 29 heavy (non-hydrogen) atoms. The van der Waals surface area contributed by atoms with Gasteiger partial charge in [-0.2, -0.15) is 5.10 Å². The van der Waals surface area contributed by atoms with Crippen molar-refractivity contribution in [2.75, 3.05) is 19.5 Å². The fourth-order valence-corrected chi connectivity index (χ4v) is 3.42. The van der Waals surface area contributed by atoms with Crippen LogP contribution >= 0.6 is 15.9 Å². The van der Waals surface area contributed by atoms with Gasteiger partial charge in [0.25, 0.3) is 5.91 Å². The van der Waals surface area contributed by atoms with Crippen LogP contribution in [-0.2, 0) is 4.79 Å². The number of hydrogen-bond acceptors (Lipinski definition) is 5. The summed E-state index contributed by atoms with van der Waals surface area (Å²) in [6, 6.07) is 17.1. The zero-order valence-electron chi connectivity index (χ0n) is 16.4. The van der Waals surface area contributed by atoms with E-state index in [0.717, 1.165) is 20.9 Å². The lowest BCUT2D eigenvalue weighted by Crippen LogP contribution is -2.34. The third-order valence-electron chi connectivity index (χ3n) is 4.44. The Morgan fingerprint density at radius 2 is 1.79 bits per heavy atom. The number of halogens is 1. The lowest BCUT2D eigenvalue weighted by molar-refractivity contribution is -0.121. The number of carbonyl (C=O) groups is 1. The maximum Gasteiger partial charge on any atom is 0.262 e. The van der Waals surface area contributed by atoms with Crippen LogP contribution in [0.25, 0.3) is 10.8 Å². The number of fused-ring (bicyclic) bond motifs is 1. The predicted octanol–water partition coefficient (Wildman–Crippen LogP) is 4.57. The van der Waals surface area contributed by atoms with Crippen LogP contribution in [-0.4, -0.2) is 32.4 Å². The minimum Gasteiger partial charge on any atom is -0.496 e. The third-order valence-corrected chi connectivity index (χ3v) is 5.06. The Bertz CT molecular complexity index is 1050. The highest BCUT2D eigenvalue weighted by Crippen LogP contribution is 2.32. The lowest BCUT2D eigenvalue weighted by Gasteiger charge is -2.15. The van der Waals surface area contributed by atoms with Gasteiger partial charge in [0.1, 0.15) is 17.5 Å². The van der Waals surface area contributed by atoms with Gasteiger partial charge in [0, 0.05) is 22.7 Å². The average Bonchev–Trinajstić information content (AvgIpc) is 2.74. The topological polar surface area (TPSA) is 72.0 Å². The first kappa shape index (κ1) is 20.7. The van der Waals surface area contributed by atoms with E-state index in [9.17, 15) is 4.79 Å². The summed E-state index contributed by atoms with van der Waals surface area (Å²) < 4.78 is 11.4. The molecule has 6 nitrogen and oxygen atoms in total. The second-order valence-electron chi connectivity index (χ2n) is 6.36. The fourth-order valence-electron chi connectivity index (χ4n) is 2.90. The van der Waals surface area contributed by atoms with Crippen LogP contribution in [0, 0.1) is 0 Å². The molecule has 1 atom stereocenters. The Kier molecular flexibility index (Phi) is 6.72. The predicted molar refractivity (Wildman–Crippen MR) is 120 cm³/mol. The van der Waals surface area contributed by atoms with Crippen molar-refractivity contribution < 1.29 is 14.3 Å². The number of anilines is 1. The van der Waals surface area contributed by atoms with Crippen molar-refractivity contribution in [2.24, 2.45) is 5.10 Å². The Morgan fingerprint density at radius 3 is 2.55 bits per heavy atom. The van der Waals surface area contributed by atoms with Crippen LogP contribution in [0.4, 0.5) is 5.69 Å². The summed E-state index contributed by atoms with van der Waals surface area (Å²) in [6.07, 6.45) is 1.53. The molecule has 3 aromatic rings. The first-order chi connectivity index (χ1) is 14.0. The van der Waals surface area contributed by atoms with Crippen molar-refractivity contribution in [2.45, 2.75) is 13.0 Å². The molecule has 0 aliphatic heterocycles. The van der Waals surface area contributed by atoms with E-state index in [1.807, 2.05) is 48.5 Å². The van der Waals surface area contributed by atoms with Crippen LogP contribution in [0.3, 0.4) is 0 Å². The molecule has 0 spiro atoms. The molecule has 7 heteroatoms. The maximum absolute atomic E-state index is 12.4. The summed E-state index contributed by atoms with van der Waals surface area (Å²) in [7, 11) is 3.15. The average molecular weight is 456 g/mol. The van der Waals surface area contributed by atoms with Crippen molar-refractivity contribution >= 4 is 44.5 Å². The molecule has 0 saturated heterocycles. The zero-order valence-corrected chi connectivity index (χ0v) is 18.0. The van der Waals surface area contributed by atoms with Crippen molar-refractivity contribution in [1.82, 2.24) is 5.43 Å². The number of nitrogens with one attached hydrogen (secondary N) is 2. The highest BCUT2D eigenvalue weighted by Gasteiger charge is 2.13. The molecular weight excluding hydrogens is 434 g/mol. The molecule has 3 aromatic carbocycles. The van der Waals surface area contributed by atoms with Crippen LogP contribution in [0.15, 0.2) is 64.2 Å². The van der Waals surface area contributed by atoms with E-state index in [-0.39, 0.29) is 5.91 Å². The number of rotatable bonds is 7. The van der Waals surface area contributed by atoms with E-state index >= 15 is 0 Å². The van der Waals surface area contributed by atoms with E-state index in [2.05, 4.69) is 31.8 Å². The van der Waals surface area contributed by atoms with Crippen LogP contribution in [0.1, 0.15) is 12.5 Å². The van der Waals surface area contributed by atoms with Crippen molar-refractivity contribution in [3.8, 4) is 11.5 Å². The van der Waals surface area contributed by atoms with Gasteiger partial charge in [-0.1, -0.05) is 36.4 Å². The molecule has 0 radical (unpaired) electrons. The van der Waals surface area contributed by atoms with Crippen molar-refractivity contribution in [3.63, 3.8) is 0 Å². The fraction of sp³-hybridized carbons (Fsp3) is 0.182. The maximum atomic E-state index is 12.4. The number of benzene rings is 3. The monoisotopic (exact) mass is 455 g/mol. The number of amides is 1. The van der Waals surface area contributed by atoms with Gasteiger partial charge in [0.2, 0.25) is 0 Å². The first-order valence-electron chi connectivity index (χ1n) is 9.02. The van der Waals surface area contributed by atoms with Crippen molar-refractivity contribution in [3.05, 3.63) is 64.6 Å². The molecule has 1 amide bonds. The summed E-state index contributed by atoms with van der Waals surface area (Å²) in [5.41, 5.74) is 4.17. The normalized spacial score (nSPS) is 12.0. The molecule has 0 heterocycles. The molecule has 0 saturated carbocycles. The van der Waals surface area contributed by atoms with Gasteiger partial charge in [-0.25, -0.2) is 5.43 Å². The van der Waals surface area contributed by atoms with Crippen LogP contribution < -0.4 is 20.2 Å². The zero-order chi connectivity index (χ0) is 20.8. The van der Waals surface area contributed by atoms with Crippen molar-refractivity contribution in [1.29, 1.82) is 0 Å². The van der Waals surface area contributed by atoms with E-state index in [1.54, 1.807) is 27.2 Å². The molecule has 2 N–H and O–H groups in total. The van der Waals surface area contributed by atoms with E-state index in [4.69, 9.17) is 9.47 Å². The van der Waals surface area contributed by atoms with E-state index in [1.165, 1.54) is 6.21 Å². The molecule has 0 aromatic heterocycles. The Morgan fingerprint density at radius 1 is 1.07 bits per heavy atom. The van der Waals surface area contributed by atoms with E-state index in [0.29, 0.717) is 17.1 Å². The van der Waals surface area contributed by atoms with E-state index < -0.39 is 6.04 Å². The van der Waals surface area contributed by atoms with Gasteiger partial charge < -0.3 is 14.8 Å². The number of ether oxygens (including phenoxy) is 2. The summed E-state index contributed by atoms with van der Waals surface area (Å²) in [4.78, 5) is 12.4. The molecule has 0 aliphatic carbocycles. The Balaban J connectivity index is 1.68. The van der Waals surface area contributed by atoms with Crippen LogP contribution in [0.5, 0.6) is 11.5 Å². The van der Waals surface area contributed by atoms with Crippen LogP contribution in [0.2, 0.25) is 0 Å². The van der Waals surface area contributed by atoms with Gasteiger partial charge >= 0.3 is 0 Å². The number of hydrazone groups is 1. The Labute approximate surface area is 178 Å². The molecule has 150 valence electrons. The number of carbonyl (C=O) groups excluding carboxylic acids is 1. The number of nitrogens with zero attached hydrogens (tertiary/aromatic N) is 1. The summed E-state index contributed by atoms with van der Waals surface area (Å²) >= 11 is 3.43. The first-order valence-corrected chi connectivity index (χ1v) is 9.81. The standard InChI is InChI=1S/C22H22BrN3O3/c1-14(25-19-10-6-8-15-7-4-5-9-17(15)19)22(27)26-24-13-16-11-18(23)21(29-3)12-20(16)28-2/h4-14,25H,1-3H3,(H,26,27)/b24-13-/t14-/m0/s1. The number of hydrogen-bond donors (Lipinski definition) is 2. The summed E-state index contributed by atoms with van der Waals surface area (Å²) in [5, 5.41) is 9.48. The molecule has 0 fully saturated rings. The highest BCUT2D eigenvalue weighted by atomic mass is 79.9. The van der Waals surface area contributed by atoms with Gasteiger partial charge in [0.05, 0.1) is 24.9 Å². The second kappa shape index (κ2) is 9.43. The summed E-state index contributed by atoms with van der Waals surface area (Å²) in [6.45, 7) is 1.79. The molecule has 0 unspecified atom stereocenters. The highest BCUT2D eigenvalue weighted by molar-refractivity contribution is 9.10. The smallest absolute Gasteiger partial charge is 0.262 e. The molecular formula is C22H22BrN3O3. The lowest BCUT2D eigenvalue weighted by atomic mass is 10.1. The molecule has 0 bridgehead atoms. The quantitative estimate of drug-likeness (QED) is 0.404. The second-order valence-corrected chi connectivity index (χ2v) is 7.21. The minimum atomic E-state index is -0.470. The minimum absolute atomic E-state index is 0.249. The SMILES string of the molecule is COc1cc(OC)c(/C=N\NC(=O)[C@H](C)Nc2cccc3ccccc23)cc1Br. The van der Waals surface area contributed by atoms with Gasteiger partial charge in [0.15, 0.2) is 0 Å². The summed E-state index contributed by atoms with van der Waals surface area (Å²) in [5.74, 6) is 0.988. The third kappa shape index (κ3) is 4.86. The van der Waals surface area contributed by atoms with Gasteiger partial charge in [-0.3, -0.25) is 4.79 Å². The largest absolute Gasteiger partial charge is 0.496 e. The molecule has 0 aliphatic rings. The van der Waals surface area contributed by atoms with Gasteiger partial charge in [-0.05, 0) is 40.4 Å². The van der Waals surface area contributed by atoms with Gasteiger partial charge in [-0.15, -0.1) is 0 Å². The molecule has 3 rings (SSSR count). The Hall–Kier alpha value is -3.06. The number of methoxy groups -OCH3 is 2.